The summed E-state index contributed by atoms with van der Waals surface area (Å²) in [6.45, 7) is 1.33. The van der Waals surface area contributed by atoms with Gasteiger partial charge in [0.05, 0.1) is 12.2 Å². The third-order valence-corrected chi connectivity index (χ3v) is 3.41. The van der Waals surface area contributed by atoms with Crippen LogP contribution >= 0.6 is 0 Å². The summed E-state index contributed by atoms with van der Waals surface area (Å²) in [4.78, 5) is 11.9. The van der Waals surface area contributed by atoms with E-state index in [0.717, 1.165) is 17.9 Å². The number of hydrogen-bond donors (Lipinski definition) is 3. The summed E-state index contributed by atoms with van der Waals surface area (Å²) in [6, 6.07) is 10.0. The predicted molar refractivity (Wildman–Crippen MR) is 72.7 cm³/mol. The molecule has 2 aromatic rings. The molecule has 1 unspecified atom stereocenters. The van der Waals surface area contributed by atoms with Crippen molar-refractivity contribution in [2.75, 3.05) is 11.9 Å². The maximum atomic E-state index is 11.9. The van der Waals surface area contributed by atoms with Gasteiger partial charge in [0.15, 0.2) is 0 Å². The van der Waals surface area contributed by atoms with Crippen molar-refractivity contribution in [3.63, 3.8) is 0 Å². The number of H-pyrrole nitrogens is 1. The zero-order valence-corrected chi connectivity index (χ0v) is 10.5. The van der Waals surface area contributed by atoms with Crippen LogP contribution in [0.2, 0.25) is 0 Å². The molecule has 3 rings (SSSR count). The van der Waals surface area contributed by atoms with E-state index in [4.69, 9.17) is 0 Å². The van der Waals surface area contributed by atoms with E-state index >= 15 is 0 Å². The highest BCUT2D eigenvalue weighted by Crippen LogP contribution is 2.32. The number of hydrogen-bond acceptors (Lipinski definition) is 3. The number of nitrogens with zero attached hydrogens (tertiary/aromatic N) is 1. The SMILES string of the molecule is O=C(CC1CNc2ccccc21)NCc1ccn[nH]1. The van der Waals surface area contributed by atoms with Crippen molar-refractivity contribution in [2.45, 2.75) is 18.9 Å². The molecule has 1 aliphatic heterocycles. The molecule has 3 N–H and O–H groups in total. The quantitative estimate of drug-likeness (QED) is 0.778. The van der Waals surface area contributed by atoms with Gasteiger partial charge in [0.1, 0.15) is 0 Å². The Balaban J connectivity index is 1.56. The van der Waals surface area contributed by atoms with Crippen LogP contribution in [0, 0.1) is 0 Å². The van der Waals surface area contributed by atoms with Gasteiger partial charge in [0.2, 0.25) is 5.91 Å². The Morgan fingerprint density at radius 1 is 1.37 bits per heavy atom. The molecule has 0 radical (unpaired) electrons. The van der Waals surface area contributed by atoms with Gasteiger partial charge in [0.25, 0.3) is 0 Å². The Bertz CT molecular complexity index is 565. The van der Waals surface area contributed by atoms with Gasteiger partial charge in [-0.05, 0) is 17.7 Å². The fraction of sp³-hybridized carbons (Fsp3) is 0.286. The normalized spacial score (nSPS) is 16.7. The lowest BCUT2D eigenvalue weighted by Gasteiger charge is -2.10. The molecule has 2 heterocycles. The Hall–Kier alpha value is -2.30. The Morgan fingerprint density at radius 3 is 3.11 bits per heavy atom. The number of aromatic nitrogens is 2. The maximum Gasteiger partial charge on any atom is 0.221 e. The van der Waals surface area contributed by atoms with Crippen LogP contribution in [0.25, 0.3) is 0 Å². The van der Waals surface area contributed by atoms with Gasteiger partial charge in [-0.25, -0.2) is 0 Å². The Morgan fingerprint density at radius 2 is 2.26 bits per heavy atom. The van der Waals surface area contributed by atoms with Gasteiger partial charge < -0.3 is 10.6 Å². The summed E-state index contributed by atoms with van der Waals surface area (Å²) in [7, 11) is 0. The molecule has 0 saturated carbocycles. The molecule has 1 amide bonds. The number of carbonyl (C=O) groups is 1. The second-order valence-electron chi connectivity index (χ2n) is 4.73. The molecule has 0 saturated heterocycles. The van der Waals surface area contributed by atoms with Gasteiger partial charge in [-0.1, -0.05) is 18.2 Å². The van der Waals surface area contributed by atoms with Crippen molar-refractivity contribution >= 4 is 11.6 Å². The summed E-state index contributed by atoms with van der Waals surface area (Å²) < 4.78 is 0. The lowest BCUT2D eigenvalue weighted by atomic mass is 9.97. The van der Waals surface area contributed by atoms with E-state index in [9.17, 15) is 4.79 Å². The highest BCUT2D eigenvalue weighted by Gasteiger charge is 2.23. The van der Waals surface area contributed by atoms with Crippen LogP contribution in [-0.4, -0.2) is 22.6 Å². The van der Waals surface area contributed by atoms with Crippen molar-refractivity contribution in [2.24, 2.45) is 0 Å². The van der Waals surface area contributed by atoms with Crippen molar-refractivity contribution in [3.05, 3.63) is 47.8 Å². The van der Waals surface area contributed by atoms with Crippen molar-refractivity contribution in [1.29, 1.82) is 0 Å². The molecule has 1 aliphatic rings. The fourth-order valence-corrected chi connectivity index (χ4v) is 2.41. The smallest absolute Gasteiger partial charge is 0.221 e. The molecule has 0 fully saturated rings. The third-order valence-electron chi connectivity index (χ3n) is 3.41. The van der Waals surface area contributed by atoms with E-state index < -0.39 is 0 Å². The standard InChI is InChI=1S/C14H16N4O/c19-14(16-9-11-5-6-17-18-11)7-10-8-15-13-4-2-1-3-12(10)13/h1-6,10,15H,7-9H2,(H,16,19)(H,17,18). The zero-order valence-electron chi connectivity index (χ0n) is 10.5. The van der Waals surface area contributed by atoms with Gasteiger partial charge in [-0.2, -0.15) is 5.10 Å². The minimum absolute atomic E-state index is 0.0677. The molecular weight excluding hydrogens is 240 g/mol. The van der Waals surface area contributed by atoms with Crippen LogP contribution in [0.5, 0.6) is 0 Å². The van der Waals surface area contributed by atoms with Crippen LogP contribution in [0.1, 0.15) is 23.6 Å². The van der Waals surface area contributed by atoms with Crippen molar-refractivity contribution < 1.29 is 4.79 Å². The summed E-state index contributed by atoms with van der Waals surface area (Å²) in [5.74, 6) is 0.330. The first-order valence-electron chi connectivity index (χ1n) is 6.40. The van der Waals surface area contributed by atoms with E-state index in [2.05, 4.69) is 33.0 Å². The maximum absolute atomic E-state index is 11.9. The third kappa shape index (κ3) is 2.59. The first kappa shape index (κ1) is 11.8. The number of amides is 1. The lowest BCUT2D eigenvalue weighted by molar-refractivity contribution is -0.121. The van der Waals surface area contributed by atoms with E-state index in [1.54, 1.807) is 6.20 Å². The molecular formula is C14H16N4O. The number of fused-ring (bicyclic) bond motifs is 1. The molecule has 5 heteroatoms. The number of anilines is 1. The van der Waals surface area contributed by atoms with Crippen LogP contribution in [0.15, 0.2) is 36.5 Å². The van der Waals surface area contributed by atoms with Gasteiger partial charge in [-0.3, -0.25) is 9.89 Å². The fourth-order valence-electron chi connectivity index (χ4n) is 2.41. The summed E-state index contributed by atoms with van der Waals surface area (Å²) in [5, 5.41) is 12.9. The van der Waals surface area contributed by atoms with Crippen LogP contribution in [0.3, 0.4) is 0 Å². The predicted octanol–water partition coefficient (Wildman–Crippen LogP) is 1.63. The van der Waals surface area contributed by atoms with E-state index in [1.165, 1.54) is 5.56 Å². The van der Waals surface area contributed by atoms with E-state index in [0.29, 0.717) is 13.0 Å². The molecule has 1 atom stereocenters. The molecule has 1 aromatic carbocycles. The second-order valence-corrected chi connectivity index (χ2v) is 4.73. The van der Waals surface area contributed by atoms with Crippen LogP contribution in [-0.2, 0) is 11.3 Å². The highest BCUT2D eigenvalue weighted by atomic mass is 16.1. The highest BCUT2D eigenvalue weighted by molar-refractivity contribution is 5.78. The minimum Gasteiger partial charge on any atom is -0.384 e. The Kier molecular flexibility index (Phi) is 3.18. The van der Waals surface area contributed by atoms with Gasteiger partial charge >= 0.3 is 0 Å². The first-order valence-corrected chi connectivity index (χ1v) is 6.40. The van der Waals surface area contributed by atoms with Crippen LogP contribution in [0.4, 0.5) is 5.69 Å². The number of rotatable bonds is 4. The number of benzene rings is 1. The number of para-hydroxylation sites is 1. The summed E-state index contributed by atoms with van der Waals surface area (Å²) in [6.07, 6.45) is 2.19. The van der Waals surface area contributed by atoms with Gasteiger partial charge in [0, 0.05) is 30.8 Å². The topological polar surface area (TPSA) is 69.8 Å². The lowest BCUT2D eigenvalue weighted by Crippen LogP contribution is -2.25. The summed E-state index contributed by atoms with van der Waals surface area (Å²) in [5.41, 5.74) is 3.30. The second kappa shape index (κ2) is 5.14. The number of aromatic amines is 1. The minimum atomic E-state index is 0.0677. The Labute approximate surface area is 111 Å². The number of carbonyl (C=O) groups excluding carboxylic acids is 1. The summed E-state index contributed by atoms with van der Waals surface area (Å²) >= 11 is 0. The zero-order chi connectivity index (χ0) is 13.1. The van der Waals surface area contributed by atoms with Crippen LogP contribution < -0.4 is 10.6 Å². The average molecular weight is 256 g/mol. The largest absolute Gasteiger partial charge is 0.384 e. The van der Waals surface area contributed by atoms with Crippen molar-refractivity contribution in [1.82, 2.24) is 15.5 Å². The molecule has 1 aromatic heterocycles. The van der Waals surface area contributed by atoms with E-state index in [-0.39, 0.29) is 11.8 Å². The molecule has 0 aliphatic carbocycles. The molecule has 19 heavy (non-hydrogen) atoms. The first-order chi connectivity index (χ1) is 9.33. The monoisotopic (exact) mass is 256 g/mol. The molecule has 0 bridgehead atoms. The molecule has 0 spiro atoms. The van der Waals surface area contributed by atoms with Gasteiger partial charge in [-0.15, -0.1) is 0 Å². The average Bonchev–Trinajstić information content (AvgIpc) is 3.07. The van der Waals surface area contributed by atoms with E-state index in [1.807, 2.05) is 18.2 Å². The number of nitrogens with one attached hydrogen (secondary N) is 3. The molecule has 98 valence electrons. The van der Waals surface area contributed by atoms with Crippen molar-refractivity contribution in [3.8, 4) is 0 Å². The molecule has 5 nitrogen and oxygen atoms in total.